The first kappa shape index (κ1) is 15.4. The number of rotatable bonds is 6. The summed E-state index contributed by atoms with van der Waals surface area (Å²) >= 11 is 0. The Morgan fingerprint density at radius 2 is 1.81 bits per heavy atom. The van der Waals surface area contributed by atoms with Crippen LogP contribution in [-0.4, -0.2) is 13.9 Å². The largest absolute Gasteiger partial charge is 0.295 e. The van der Waals surface area contributed by atoms with Gasteiger partial charge in [-0.05, 0) is 25.0 Å². The summed E-state index contributed by atoms with van der Waals surface area (Å²) in [6.07, 6.45) is 7.95. The molecule has 2 atom stereocenters. The number of ketones is 1. The van der Waals surface area contributed by atoms with Gasteiger partial charge in [0.15, 0.2) is 5.78 Å². The molecule has 0 aromatic carbocycles. The Morgan fingerprint density at radius 1 is 1.25 bits per heavy atom. The second-order valence-corrected chi connectivity index (χ2v) is 11.3. The van der Waals surface area contributed by atoms with Gasteiger partial charge >= 0.3 is 0 Å². The molecule has 0 N–H and O–H groups in total. The summed E-state index contributed by atoms with van der Waals surface area (Å²) < 4.78 is 0. The number of hydrogen-bond donors (Lipinski definition) is 0. The molecule has 0 heterocycles. The smallest absolute Gasteiger partial charge is 0.158 e. The van der Waals surface area contributed by atoms with Crippen molar-refractivity contribution in [2.24, 2.45) is 11.8 Å². The van der Waals surface area contributed by atoms with E-state index in [0.717, 1.165) is 0 Å². The Bertz CT molecular complexity index is 271. The van der Waals surface area contributed by atoms with Gasteiger partial charge in [0.2, 0.25) is 0 Å². The summed E-state index contributed by atoms with van der Waals surface area (Å²) in [5.74, 6) is 0.654. The zero-order chi connectivity index (χ0) is 12.8. The molecule has 0 bridgehead atoms. The van der Waals surface area contributed by atoms with Crippen LogP contribution in [0.4, 0.5) is 0 Å². The predicted octanol–water partition coefficient (Wildman–Crippen LogP) is 4.30. The second kappa shape index (κ2) is 6.84. The van der Waals surface area contributed by atoms with Gasteiger partial charge in [0.05, 0.1) is 0 Å². The number of carbonyl (C=O) groups is 1. The van der Waals surface area contributed by atoms with Crippen molar-refractivity contribution in [3.63, 3.8) is 0 Å². The third-order valence-corrected chi connectivity index (χ3v) is 4.20. The fraction of sp³-hybridized carbons (Fsp3) is 0.643. The topological polar surface area (TPSA) is 17.1 Å². The van der Waals surface area contributed by atoms with Crippen LogP contribution in [-0.2, 0) is 4.79 Å². The van der Waals surface area contributed by atoms with Crippen LogP contribution in [0, 0.1) is 11.8 Å². The van der Waals surface area contributed by atoms with Gasteiger partial charge in [-0.2, -0.15) is 0 Å². The van der Waals surface area contributed by atoms with Gasteiger partial charge < -0.3 is 0 Å². The molecule has 0 rings (SSSR count). The van der Waals surface area contributed by atoms with Gasteiger partial charge in [0.25, 0.3) is 0 Å². The van der Waals surface area contributed by atoms with Crippen molar-refractivity contribution >= 4 is 13.9 Å². The average Bonchev–Trinajstić information content (AvgIpc) is 2.14. The van der Waals surface area contributed by atoms with Gasteiger partial charge in [-0.3, -0.25) is 4.79 Å². The Kier molecular flexibility index (Phi) is 6.57. The molecule has 92 valence electrons. The lowest BCUT2D eigenvalue weighted by Gasteiger charge is -2.15. The SMILES string of the molecule is C/C=C/C(=O)[C@@H](C)[C@H](C)/C=C/C[Si](C)(C)C. The molecule has 0 aliphatic rings. The van der Waals surface area contributed by atoms with E-state index in [-0.39, 0.29) is 11.7 Å². The number of carbonyl (C=O) groups excluding carboxylic acids is 1. The highest BCUT2D eigenvalue weighted by Crippen LogP contribution is 2.16. The van der Waals surface area contributed by atoms with E-state index >= 15 is 0 Å². The van der Waals surface area contributed by atoms with E-state index in [1.54, 1.807) is 6.08 Å². The molecular weight excluding hydrogens is 212 g/mol. The summed E-state index contributed by atoms with van der Waals surface area (Å²) in [6.45, 7) is 13.1. The summed E-state index contributed by atoms with van der Waals surface area (Å²) in [7, 11) is -0.987. The van der Waals surface area contributed by atoms with Gasteiger partial charge in [0, 0.05) is 14.0 Å². The van der Waals surface area contributed by atoms with Crippen LogP contribution in [0.3, 0.4) is 0 Å². The molecular formula is C14H26OSi. The zero-order valence-electron chi connectivity index (χ0n) is 11.6. The first-order chi connectivity index (χ1) is 7.28. The molecule has 0 aliphatic heterocycles. The monoisotopic (exact) mass is 238 g/mol. The van der Waals surface area contributed by atoms with Crippen molar-refractivity contribution in [1.82, 2.24) is 0 Å². The summed E-state index contributed by atoms with van der Waals surface area (Å²) in [5, 5.41) is 0. The van der Waals surface area contributed by atoms with Crippen LogP contribution in [0.25, 0.3) is 0 Å². The minimum atomic E-state index is -0.987. The molecule has 0 spiro atoms. The number of allylic oxidation sites excluding steroid dienone is 4. The third kappa shape index (κ3) is 6.78. The minimum Gasteiger partial charge on any atom is -0.295 e. The molecule has 2 heteroatoms. The average molecular weight is 238 g/mol. The molecule has 0 saturated carbocycles. The molecule has 0 radical (unpaired) electrons. The van der Waals surface area contributed by atoms with Crippen LogP contribution in [0.1, 0.15) is 20.8 Å². The molecule has 16 heavy (non-hydrogen) atoms. The fourth-order valence-corrected chi connectivity index (χ4v) is 2.22. The maximum Gasteiger partial charge on any atom is 0.158 e. The Morgan fingerprint density at radius 3 is 2.25 bits per heavy atom. The molecule has 1 nitrogen and oxygen atoms in total. The van der Waals surface area contributed by atoms with E-state index < -0.39 is 8.07 Å². The van der Waals surface area contributed by atoms with Crippen molar-refractivity contribution < 1.29 is 4.79 Å². The Labute approximate surface area is 102 Å². The second-order valence-electron chi connectivity index (χ2n) is 5.74. The number of hydrogen-bond acceptors (Lipinski definition) is 1. The fourth-order valence-electron chi connectivity index (χ4n) is 1.38. The maximum atomic E-state index is 11.6. The lowest BCUT2D eigenvalue weighted by molar-refractivity contribution is -0.118. The first-order valence-electron chi connectivity index (χ1n) is 6.11. The van der Waals surface area contributed by atoms with Gasteiger partial charge in [-0.25, -0.2) is 0 Å². The van der Waals surface area contributed by atoms with Crippen LogP contribution in [0.5, 0.6) is 0 Å². The molecule has 0 aromatic rings. The van der Waals surface area contributed by atoms with E-state index in [1.807, 2.05) is 19.9 Å². The molecule has 0 aliphatic carbocycles. The van der Waals surface area contributed by atoms with Crippen LogP contribution >= 0.6 is 0 Å². The highest BCUT2D eigenvalue weighted by atomic mass is 28.3. The highest BCUT2D eigenvalue weighted by Gasteiger charge is 2.16. The lowest BCUT2D eigenvalue weighted by Crippen LogP contribution is -2.18. The quantitative estimate of drug-likeness (QED) is 0.383. The van der Waals surface area contributed by atoms with Crippen molar-refractivity contribution in [3.05, 3.63) is 24.3 Å². The summed E-state index contributed by atoms with van der Waals surface area (Å²) in [5.41, 5.74) is 0. The third-order valence-electron chi connectivity index (χ3n) is 2.74. The molecule has 0 aromatic heterocycles. The zero-order valence-corrected chi connectivity index (χ0v) is 12.6. The summed E-state index contributed by atoms with van der Waals surface area (Å²) in [6, 6.07) is 1.20. The highest BCUT2D eigenvalue weighted by molar-refractivity contribution is 6.76. The first-order valence-corrected chi connectivity index (χ1v) is 9.82. The van der Waals surface area contributed by atoms with Crippen molar-refractivity contribution in [3.8, 4) is 0 Å². The van der Waals surface area contributed by atoms with Gasteiger partial charge in [-0.15, -0.1) is 0 Å². The Balaban J connectivity index is 4.25. The van der Waals surface area contributed by atoms with Crippen molar-refractivity contribution in [2.75, 3.05) is 0 Å². The minimum absolute atomic E-state index is 0.0917. The molecule has 0 amide bonds. The van der Waals surface area contributed by atoms with Crippen molar-refractivity contribution in [1.29, 1.82) is 0 Å². The Hall–Kier alpha value is -0.633. The maximum absolute atomic E-state index is 11.6. The normalized spacial score (nSPS) is 16.9. The standard InChI is InChI=1S/C14H26OSi/c1-7-9-14(15)13(3)12(2)10-8-11-16(4,5)6/h7-10,12-13H,11H2,1-6H3/b9-7+,10-8+/t12-,13+/m1/s1. The van der Waals surface area contributed by atoms with Crippen molar-refractivity contribution in [2.45, 2.75) is 46.5 Å². The molecule has 0 fully saturated rings. The van der Waals surface area contributed by atoms with Gasteiger partial charge in [0.1, 0.15) is 0 Å². The van der Waals surface area contributed by atoms with Crippen LogP contribution in [0.2, 0.25) is 25.7 Å². The lowest BCUT2D eigenvalue weighted by atomic mass is 9.91. The van der Waals surface area contributed by atoms with Crippen LogP contribution in [0.15, 0.2) is 24.3 Å². The van der Waals surface area contributed by atoms with E-state index in [0.29, 0.717) is 5.92 Å². The van der Waals surface area contributed by atoms with E-state index in [9.17, 15) is 4.79 Å². The molecule has 0 unspecified atom stereocenters. The van der Waals surface area contributed by atoms with E-state index in [4.69, 9.17) is 0 Å². The van der Waals surface area contributed by atoms with Gasteiger partial charge in [-0.1, -0.05) is 51.7 Å². The summed E-state index contributed by atoms with van der Waals surface area (Å²) in [4.78, 5) is 11.6. The van der Waals surface area contributed by atoms with E-state index in [2.05, 4.69) is 38.7 Å². The van der Waals surface area contributed by atoms with E-state index in [1.165, 1.54) is 6.04 Å². The van der Waals surface area contributed by atoms with Crippen LogP contribution < -0.4 is 0 Å². The molecule has 0 saturated heterocycles. The predicted molar refractivity (Wildman–Crippen MR) is 75.4 cm³/mol.